The van der Waals surface area contributed by atoms with Gasteiger partial charge in [-0.25, -0.2) is 0 Å². The van der Waals surface area contributed by atoms with Crippen LogP contribution in [0.5, 0.6) is 0 Å². The van der Waals surface area contributed by atoms with Gasteiger partial charge in [-0.1, -0.05) is 35.8 Å². The number of benzene rings is 2. The number of amides is 1. The zero-order chi connectivity index (χ0) is 21.3. The maximum atomic E-state index is 12.3. The van der Waals surface area contributed by atoms with Gasteiger partial charge in [-0.2, -0.15) is 5.26 Å². The van der Waals surface area contributed by atoms with Crippen molar-refractivity contribution in [2.45, 2.75) is 38.8 Å². The fraction of sp³-hybridized carbons (Fsp3) is 0.348. The Hall–Kier alpha value is -3.37. The van der Waals surface area contributed by atoms with Crippen LogP contribution in [-0.2, 0) is 16.2 Å². The molecule has 0 aromatic heterocycles. The van der Waals surface area contributed by atoms with E-state index in [2.05, 4.69) is 21.4 Å². The van der Waals surface area contributed by atoms with Crippen molar-refractivity contribution in [3.63, 3.8) is 0 Å². The molecule has 1 saturated heterocycles. The molecule has 30 heavy (non-hydrogen) atoms. The third kappa shape index (κ3) is 6.06. The topological polar surface area (TPSA) is 104 Å². The number of carbonyl (C=O) groups excluding carboxylic acids is 1. The zero-order valence-electron chi connectivity index (χ0n) is 17.2. The highest BCUT2D eigenvalue weighted by molar-refractivity contribution is 5.97. The maximum Gasteiger partial charge on any atom is 0.267 e. The Morgan fingerprint density at radius 1 is 1.23 bits per heavy atom. The molecule has 156 valence electrons. The average molecular weight is 406 g/mol. The predicted molar refractivity (Wildman–Crippen MR) is 117 cm³/mol. The summed E-state index contributed by atoms with van der Waals surface area (Å²) >= 11 is 0. The van der Waals surface area contributed by atoms with Crippen molar-refractivity contribution in [2.75, 3.05) is 18.4 Å². The van der Waals surface area contributed by atoms with E-state index in [0.717, 1.165) is 25.2 Å². The number of hydrogen-bond acceptors (Lipinski definition) is 5. The first-order valence-corrected chi connectivity index (χ1v) is 10.2. The van der Waals surface area contributed by atoms with Crippen LogP contribution >= 0.6 is 0 Å². The summed E-state index contributed by atoms with van der Waals surface area (Å²) in [6.07, 6.45) is 2.96. The van der Waals surface area contributed by atoms with Crippen molar-refractivity contribution < 1.29 is 9.63 Å². The van der Waals surface area contributed by atoms with Crippen molar-refractivity contribution >= 4 is 17.4 Å². The minimum Gasteiger partial charge on any atom is -0.381 e. The summed E-state index contributed by atoms with van der Waals surface area (Å²) < 4.78 is 0. The van der Waals surface area contributed by atoms with Crippen molar-refractivity contribution in [2.24, 2.45) is 10.9 Å². The summed E-state index contributed by atoms with van der Waals surface area (Å²) in [6.45, 7) is 4.73. The number of likely N-dealkylation sites (tertiary alicyclic amines) is 1. The standard InChI is InChI=1S/C23H27N5O2/c1-17(23(29)26-21-10-6-7-18(14-21)15-24)30-27-22(25)20-9-5-8-19(13-20)16-28-11-3-2-4-12-28/h5-10,13-14,17H,2-4,11-12,16H2,1H3,(H2,25,27)(H,26,29). The molecule has 0 spiro atoms. The van der Waals surface area contributed by atoms with Gasteiger partial charge in [0.25, 0.3) is 5.91 Å². The SMILES string of the molecule is CC(O/N=C(/N)c1cccc(CN2CCCCC2)c1)C(=O)Nc1cccc(C#N)c1. The average Bonchev–Trinajstić information content (AvgIpc) is 2.78. The normalized spacial score (nSPS) is 15.8. The molecule has 7 nitrogen and oxygen atoms in total. The summed E-state index contributed by atoms with van der Waals surface area (Å²) in [4.78, 5) is 20.1. The number of nitriles is 1. The molecule has 1 amide bonds. The van der Waals surface area contributed by atoms with Gasteiger partial charge in [0.2, 0.25) is 6.10 Å². The van der Waals surface area contributed by atoms with E-state index < -0.39 is 6.10 Å². The van der Waals surface area contributed by atoms with Gasteiger partial charge >= 0.3 is 0 Å². The Labute approximate surface area is 177 Å². The highest BCUT2D eigenvalue weighted by Crippen LogP contribution is 2.14. The lowest BCUT2D eigenvalue weighted by molar-refractivity contribution is -0.126. The number of carbonyl (C=O) groups is 1. The second kappa shape index (κ2) is 10.4. The van der Waals surface area contributed by atoms with Crippen molar-refractivity contribution in [1.82, 2.24) is 4.90 Å². The van der Waals surface area contributed by atoms with Crippen molar-refractivity contribution in [1.29, 1.82) is 5.26 Å². The third-order valence-corrected chi connectivity index (χ3v) is 5.02. The number of hydrogen-bond donors (Lipinski definition) is 2. The first-order chi connectivity index (χ1) is 14.5. The Kier molecular flexibility index (Phi) is 7.41. The van der Waals surface area contributed by atoms with Gasteiger partial charge in [0, 0.05) is 17.8 Å². The first-order valence-electron chi connectivity index (χ1n) is 10.2. The van der Waals surface area contributed by atoms with E-state index in [4.69, 9.17) is 15.8 Å². The third-order valence-electron chi connectivity index (χ3n) is 5.02. The lowest BCUT2D eigenvalue weighted by Gasteiger charge is -2.26. The van der Waals surface area contributed by atoms with Gasteiger partial charge in [-0.05, 0) is 62.7 Å². The minimum absolute atomic E-state index is 0.224. The van der Waals surface area contributed by atoms with E-state index >= 15 is 0 Å². The van der Waals surface area contributed by atoms with E-state index in [1.54, 1.807) is 31.2 Å². The highest BCUT2D eigenvalue weighted by Gasteiger charge is 2.15. The van der Waals surface area contributed by atoms with Crippen molar-refractivity contribution in [3.05, 3.63) is 65.2 Å². The smallest absolute Gasteiger partial charge is 0.267 e. The predicted octanol–water partition coefficient (Wildman–Crippen LogP) is 3.21. The molecule has 0 radical (unpaired) electrons. The van der Waals surface area contributed by atoms with Gasteiger partial charge < -0.3 is 15.9 Å². The largest absolute Gasteiger partial charge is 0.381 e. The molecule has 1 unspecified atom stereocenters. The fourth-order valence-electron chi connectivity index (χ4n) is 3.35. The molecule has 2 aromatic rings. The molecule has 1 heterocycles. The van der Waals surface area contributed by atoms with Gasteiger partial charge in [-0.3, -0.25) is 9.69 Å². The van der Waals surface area contributed by atoms with E-state index in [0.29, 0.717) is 11.3 Å². The fourth-order valence-corrected chi connectivity index (χ4v) is 3.35. The molecule has 7 heteroatoms. The minimum atomic E-state index is -0.842. The monoisotopic (exact) mass is 405 g/mol. The number of nitrogens with zero attached hydrogens (tertiary/aromatic N) is 3. The Morgan fingerprint density at radius 3 is 2.77 bits per heavy atom. The molecule has 1 atom stereocenters. The molecule has 1 aliphatic heterocycles. The second-order valence-corrected chi connectivity index (χ2v) is 7.44. The summed E-state index contributed by atoms with van der Waals surface area (Å²) in [5.74, 6) is -0.151. The molecule has 1 aliphatic rings. The number of oxime groups is 1. The maximum absolute atomic E-state index is 12.3. The van der Waals surface area contributed by atoms with E-state index in [1.807, 2.05) is 24.3 Å². The molecule has 1 fully saturated rings. The quantitative estimate of drug-likeness (QED) is 0.418. The number of piperidine rings is 1. The van der Waals surface area contributed by atoms with E-state index in [1.165, 1.54) is 24.8 Å². The van der Waals surface area contributed by atoms with E-state index in [9.17, 15) is 4.79 Å². The molecule has 0 aliphatic carbocycles. The lowest BCUT2D eigenvalue weighted by atomic mass is 10.1. The Balaban J connectivity index is 1.57. The molecule has 3 N–H and O–H groups in total. The van der Waals surface area contributed by atoms with Gasteiger partial charge in [-0.15, -0.1) is 0 Å². The zero-order valence-corrected chi connectivity index (χ0v) is 17.2. The number of nitrogens with one attached hydrogen (secondary N) is 1. The number of anilines is 1. The molecule has 2 aromatic carbocycles. The van der Waals surface area contributed by atoms with Crippen molar-refractivity contribution in [3.8, 4) is 6.07 Å². The molecular formula is C23H27N5O2. The van der Waals surface area contributed by atoms with Crippen LogP contribution < -0.4 is 11.1 Å². The summed E-state index contributed by atoms with van der Waals surface area (Å²) in [5.41, 5.74) is 9.01. The number of amidine groups is 1. The van der Waals surface area contributed by atoms with Crippen LogP contribution in [0.2, 0.25) is 0 Å². The van der Waals surface area contributed by atoms with Crippen LogP contribution in [0.4, 0.5) is 5.69 Å². The Morgan fingerprint density at radius 2 is 2.00 bits per heavy atom. The van der Waals surface area contributed by atoms with Gasteiger partial charge in [0.1, 0.15) is 0 Å². The molecule has 0 bridgehead atoms. The van der Waals surface area contributed by atoms with Crippen LogP contribution in [0.3, 0.4) is 0 Å². The van der Waals surface area contributed by atoms with Crippen LogP contribution in [0.15, 0.2) is 53.7 Å². The first kappa shape index (κ1) is 21.3. The van der Waals surface area contributed by atoms with E-state index in [-0.39, 0.29) is 11.7 Å². The summed E-state index contributed by atoms with van der Waals surface area (Å²) in [5, 5.41) is 15.6. The van der Waals surface area contributed by atoms with Gasteiger partial charge in [0.15, 0.2) is 5.84 Å². The highest BCUT2D eigenvalue weighted by atomic mass is 16.6. The van der Waals surface area contributed by atoms with Crippen LogP contribution in [-0.4, -0.2) is 35.8 Å². The van der Waals surface area contributed by atoms with Crippen LogP contribution in [0.1, 0.15) is 42.9 Å². The molecule has 0 saturated carbocycles. The number of nitrogens with two attached hydrogens (primary N) is 1. The molecular weight excluding hydrogens is 378 g/mol. The van der Waals surface area contributed by atoms with Gasteiger partial charge in [0.05, 0.1) is 11.6 Å². The Bertz CT molecular complexity index is 945. The summed E-state index contributed by atoms with van der Waals surface area (Å²) in [7, 11) is 0. The molecule has 3 rings (SSSR count). The van der Waals surface area contributed by atoms with Crippen LogP contribution in [0.25, 0.3) is 0 Å². The lowest BCUT2D eigenvalue weighted by Crippen LogP contribution is -2.29. The second-order valence-electron chi connectivity index (χ2n) is 7.44. The summed E-state index contributed by atoms with van der Waals surface area (Å²) in [6, 6.07) is 16.6. The van der Waals surface area contributed by atoms with Crippen LogP contribution in [0, 0.1) is 11.3 Å². The number of rotatable bonds is 7.